The number of anilines is 1. The third-order valence-corrected chi connectivity index (χ3v) is 4.71. The van der Waals surface area contributed by atoms with Gasteiger partial charge >= 0.3 is 0 Å². The molecule has 0 aliphatic heterocycles. The first-order valence-electron chi connectivity index (χ1n) is 10.1. The molecule has 1 aromatic heterocycles. The summed E-state index contributed by atoms with van der Waals surface area (Å²) in [6, 6.07) is 13.8. The Bertz CT molecular complexity index is 1100. The molecule has 0 saturated carbocycles. The van der Waals surface area contributed by atoms with Gasteiger partial charge in [-0.15, -0.1) is 0 Å². The van der Waals surface area contributed by atoms with Crippen LogP contribution in [-0.2, 0) is 0 Å². The Hall–Kier alpha value is -3.14. The summed E-state index contributed by atoms with van der Waals surface area (Å²) in [7, 11) is 3.80. The van der Waals surface area contributed by atoms with E-state index in [-0.39, 0.29) is 11.4 Å². The molecule has 4 nitrogen and oxygen atoms in total. The van der Waals surface area contributed by atoms with Crippen molar-refractivity contribution in [1.82, 2.24) is 4.98 Å². The number of hydrogen-bond donors (Lipinski definition) is 0. The van der Waals surface area contributed by atoms with Crippen LogP contribution < -0.4 is 9.64 Å². The number of allylic oxidation sites excluding steroid dienone is 1. The average Bonchev–Trinajstić information content (AvgIpc) is 2.67. The molecule has 0 aliphatic rings. The molecule has 0 saturated heterocycles. The first-order chi connectivity index (χ1) is 14.0. The zero-order chi connectivity index (χ0) is 22.1. The minimum Gasteiger partial charge on any atom is -0.488 e. The van der Waals surface area contributed by atoms with E-state index in [4.69, 9.17) is 4.74 Å². The van der Waals surface area contributed by atoms with Crippen molar-refractivity contribution in [2.24, 2.45) is 0 Å². The van der Waals surface area contributed by atoms with Crippen molar-refractivity contribution >= 4 is 28.6 Å². The molecule has 156 valence electrons. The third kappa shape index (κ3) is 4.88. The fraction of sp³-hybridized carbons (Fsp3) is 0.308. The van der Waals surface area contributed by atoms with Gasteiger partial charge in [0.25, 0.3) is 0 Å². The number of ketones is 1. The van der Waals surface area contributed by atoms with Crippen LogP contribution in [0.1, 0.15) is 47.8 Å². The quantitative estimate of drug-likeness (QED) is 0.388. The highest BCUT2D eigenvalue weighted by atomic mass is 16.5. The van der Waals surface area contributed by atoms with E-state index in [0.717, 1.165) is 33.3 Å². The molecule has 1 heterocycles. The Labute approximate surface area is 179 Å². The highest BCUT2D eigenvalue weighted by molar-refractivity contribution is 6.11. The van der Waals surface area contributed by atoms with E-state index < -0.39 is 0 Å². The smallest absolute Gasteiger partial charge is 0.189 e. The monoisotopic (exact) mass is 402 g/mol. The van der Waals surface area contributed by atoms with E-state index in [9.17, 15) is 4.79 Å². The average molecular weight is 403 g/mol. The molecular formula is C26H30N2O2. The van der Waals surface area contributed by atoms with Gasteiger partial charge in [0.1, 0.15) is 17.2 Å². The number of carbonyl (C=O) groups is 1. The molecule has 3 rings (SSSR count). The van der Waals surface area contributed by atoms with Crippen LogP contribution in [0.25, 0.3) is 17.0 Å². The predicted molar refractivity (Wildman–Crippen MR) is 126 cm³/mol. The molecule has 0 radical (unpaired) electrons. The first kappa shape index (κ1) is 21.6. The molecule has 0 spiro atoms. The van der Waals surface area contributed by atoms with Crippen molar-refractivity contribution in [3.05, 3.63) is 70.8 Å². The van der Waals surface area contributed by atoms with Gasteiger partial charge in [0, 0.05) is 19.5 Å². The maximum Gasteiger partial charge on any atom is 0.189 e. The molecule has 2 aromatic carbocycles. The molecule has 0 amide bonds. The van der Waals surface area contributed by atoms with Crippen LogP contribution in [0.2, 0.25) is 0 Å². The molecule has 4 heteroatoms. The van der Waals surface area contributed by atoms with Crippen molar-refractivity contribution in [1.29, 1.82) is 0 Å². The summed E-state index contributed by atoms with van der Waals surface area (Å²) < 4.78 is 6.09. The lowest BCUT2D eigenvalue weighted by molar-refractivity contribution is 0.104. The minimum atomic E-state index is -0.255. The Morgan fingerprint density at radius 1 is 1.03 bits per heavy atom. The number of pyridine rings is 1. The molecule has 0 bridgehead atoms. The van der Waals surface area contributed by atoms with Crippen LogP contribution in [0.5, 0.6) is 5.75 Å². The fourth-order valence-corrected chi connectivity index (χ4v) is 3.44. The lowest BCUT2D eigenvalue weighted by Gasteiger charge is -2.24. The van der Waals surface area contributed by atoms with Crippen LogP contribution in [0.15, 0.2) is 48.5 Å². The van der Waals surface area contributed by atoms with E-state index in [1.165, 1.54) is 0 Å². The van der Waals surface area contributed by atoms with Gasteiger partial charge < -0.3 is 9.64 Å². The largest absolute Gasteiger partial charge is 0.488 e. The summed E-state index contributed by atoms with van der Waals surface area (Å²) in [6.07, 6.45) is 3.48. The third-order valence-electron chi connectivity index (χ3n) is 4.71. The molecule has 0 atom stereocenters. The summed E-state index contributed by atoms with van der Waals surface area (Å²) in [5, 5.41) is 0.954. The van der Waals surface area contributed by atoms with Gasteiger partial charge in [0.2, 0.25) is 0 Å². The number of aryl methyl sites for hydroxylation is 2. The van der Waals surface area contributed by atoms with E-state index in [0.29, 0.717) is 11.4 Å². The van der Waals surface area contributed by atoms with Crippen molar-refractivity contribution in [2.75, 3.05) is 19.0 Å². The van der Waals surface area contributed by atoms with Gasteiger partial charge in [-0.25, -0.2) is 4.98 Å². The highest BCUT2D eigenvalue weighted by Crippen LogP contribution is 2.29. The van der Waals surface area contributed by atoms with Gasteiger partial charge in [0.15, 0.2) is 5.78 Å². The summed E-state index contributed by atoms with van der Waals surface area (Å²) in [6.45, 7) is 10.2. The second-order valence-corrected chi connectivity index (χ2v) is 8.84. The van der Waals surface area contributed by atoms with Gasteiger partial charge in [-0.05, 0) is 81.7 Å². The van der Waals surface area contributed by atoms with Crippen LogP contribution >= 0.6 is 0 Å². The van der Waals surface area contributed by atoms with Gasteiger partial charge in [-0.3, -0.25) is 4.79 Å². The number of aromatic nitrogens is 1. The number of nitrogens with zero attached hydrogens (tertiary/aromatic N) is 2. The van der Waals surface area contributed by atoms with Crippen molar-refractivity contribution in [3.8, 4) is 5.75 Å². The number of carbonyl (C=O) groups excluding carboxylic acids is 1. The van der Waals surface area contributed by atoms with Crippen LogP contribution in [0.4, 0.5) is 5.82 Å². The molecule has 30 heavy (non-hydrogen) atoms. The van der Waals surface area contributed by atoms with Crippen molar-refractivity contribution < 1.29 is 9.53 Å². The van der Waals surface area contributed by atoms with E-state index in [1.807, 2.05) is 102 Å². The summed E-state index contributed by atoms with van der Waals surface area (Å²) in [5.41, 5.74) is 4.30. The maximum atomic E-state index is 13.0. The standard InChI is InChI=1S/C26H30N2O2/c1-17-14-19(15-18(2)24(17)30-26(3,4)5)12-13-23(29)21-16-20-10-8-9-11-22(20)27-25(21)28(6)7/h8-16H,1-7H3/b13-12+. The van der Waals surface area contributed by atoms with E-state index in [2.05, 4.69) is 4.98 Å². The molecule has 0 fully saturated rings. The van der Waals surface area contributed by atoms with Gasteiger partial charge in [-0.1, -0.05) is 24.3 Å². The number of benzene rings is 2. The number of ether oxygens (including phenoxy) is 1. The predicted octanol–water partition coefficient (Wildman–Crippen LogP) is 5.99. The molecular weight excluding hydrogens is 372 g/mol. The fourth-order valence-electron chi connectivity index (χ4n) is 3.44. The van der Waals surface area contributed by atoms with Crippen molar-refractivity contribution in [3.63, 3.8) is 0 Å². The Morgan fingerprint density at radius 2 is 1.67 bits per heavy atom. The zero-order valence-electron chi connectivity index (χ0n) is 18.9. The van der Waals surface area contributed by atoms with Crippen molar-refractivity contribution in [2.45, 2.75) is 40.2 Å². The summed E-state index contributed by atoms with van der Waals surface area (Å²) >= 11 is 0. The highest BCUT2D eigenvalue weighted by Gasteiger charge is 2.16. The zero-order valence-corrected chi connectivity index (χ0v) is 18.9. The normalized spacial score (nSPS) is 11.8. The number of hydrogen-bond acceptors (Lipinski definition) is 4. The minimum absolute atomic E-state index is 0.0673. The lowest BCUT2D eigenvalue weighted by Crippen LogP contribution is -2.24. The SMILES string of the molecule is Cc1cc(/C=C/C(=O)c2cc3ccccc3nc2N(C)C)cc(C)c1OC(C)(C)C. The van der Waals surface area contributed by atoms with Gasteiger partial charge in [-0.2, -0.15) is 0 Å². The molecule has 0 unspecified atom stereocenters. The summed E-state index contributed by atoms with van der Waals surface area (Å²) in [5.74, 6) is 1.51. The van der Waals surface area contributed by atoms with Gasteiger partial charge in [0.05, 0.1) is 11.1 Å². The lowest BCUT2D eigenvalue weighted by atomic mass is 10.0. The van der Waals surface area contributed by atoms with E-state index >= 15 is 0 Å². The van der Waals surface area contributed by atoms with Crippen LogP contribution in [0.3, 0.4) is 0 Å². The molecule has 0 aliphatic carbocycles. The Kier molecular flexibility index (Phi) is 5.97. The Balaban J connectivity index is 1.93. The van der Waals surface area contributed by atoms with Crippen LogP contribution in [-0.4, -0.2) is 30.5 Å². The summed E-state index contributed by atoms with van der Waals surface area (Å²) in [4.78, 5) is 19.6. The first-order valence-corrected chi connectivity index (χ1v) is 10.1. The number of rotatable bonds is 5. The van der Waals surface area contributed by atoms with E-state index in [1.54, 1.807) is 6.08 Å². The number of fused-ring (bicyclic) bond motifs is 1. The topological polar surface area (TPSA) is 42.4 Å². The van der Waals surface area contributed by atoms with Crippen LogP contribution in [0, 0.1) is 13.8 Å². The number of para-hydroxylation sites is 1. The Morgan fingerprint density at radius 3 is 2.27 bits per heavy atom. The molecule has 3 aromatic rings. The molecule has 0 N–H and O–H groups in total. The second kappa shape index (κ2) is 8.31. The maximum absolute atomic E-state index is 13.0. The second-order valence-electron chi connectivity index (χ2n) is 8.84.